The maximum atomic E-state index is 13.8. The van der Waals surface area contributed by atoms with Gasteiger partial charge in [-0.15, -0.1) is 0 Å². The molecule has 5 nitrogen and oxygen atoms in total. The maximum Gasteiger partial charge on any atom is 0.417 e. The molecule has 3 heterocycles. The summed E-state index contributed by atoms with van der Waals surface area (Å²) < 4.78 is 39.4. The molecule has 1 aromatic rings. The molecule has 0 bridgehead atoms. The van der Waals surface area contributed by atoms with Crippen LogP contribution in [-0.2, 0) is 23.9 Å². The Morgan fingerprint density at radius 2 is 1.94 bits per heavy atom. The van der Waals surface area contributed by atoms with Crippen LogP contribution in [-0.4, -0.2) is 57.6 Å². The summed E-state index contributed by atoms with van der Waals surface area (Å²) in [6.45, 7) is 6.58. The Hall–Kier alpha value is -1.67. The summed E-state index contributed by atoms with van der Waals surface area (Å²) in [5.41, 5.74) is -0.0696. The summed E-state index contributed by atoms with van der Waals surface area (Å²) >= 11 is 0. The molecule has 0 unspecified atom stereocenters. The number of amides is 1. The lowest BCUT2D eigenvalue weighted by Crippen LogP contribution is -2.49. The Balaban J connectivity index is 1.51. The summed E-state index contributed by atoms with van der Waals surface area (Å²) in [5, 5.41) is 9.81. The molecule has 31 heavy (non-hydrogen) atoms. The lowest BCUT2D eigenvalue weighted by molar-refractivity contribution is -0.146. The molecule has 0 radical (unpaired) electrons. The molecule has 1 N–H and O–H groups in total. The number of aliphatic hydroxyl groups is 1. The van der Waals surface area contributed by atoms with Crippen molar-refractivity contribution in [2.24, 2.45) is 11.3 Å². The smallest absolute Gasteiger partial charge is 0.393 e. The van der Waals surface area contributed by atoms with Gasteiger partial charge in [-0.05, 0) is 49.7 Å². The minimum atomic E-state index is -4.44. The highest BCUT2D eigenvalue weighted by Crippen LogP contribution is 2.48. The van der Waals surface area contributed by atoms with Crippen molar-refractivity contribution >= 4 is 5.91 Å². The zero-order chi connectivity index (χ0) is 22.4. The van der Waals surface area contributed by atoms with Gasteiger partial charge in [-0.3, -0.25) is 9.78 Å². The largest absolute Gasteiger partial charge is 0.417 e. The van der Waals surface area contributed by atoms with Crippen LogP contribution in [0.15, 0.2) is 12.3 Å². The van der Waals surface area contributed by atoms with Gasteiger partial charge in [0.1, 0.15) is 0 Å². The third kappa shape index (κ3) is 4.33. The first-order valence-electron chi connectivity index (χ1n) is 11.4. The quantitative estimate of drug-likeness (QED) is 0.782. The molecule has 0 spiro atoms. The number of nitrogens with zero attached hydrogens (tertiary/aromatic N) is 3. The number of aliphatic hydroxyl groups excluding tert-OH is 1. The number of carbonyl (C=O) groups is 1. The molecule has 3 aliphatic rings. The van der Waals surface area contributed by atoms with Crippen LogP contribution in [0.5, 0.6) is 0 Å². The molecule has 1 saturated carbocycles. The van der Waals surface area contributed by atoms with Gasteiger partial charge in [-0.2, -0.15) is 13.2 Å². The van der Waals surface area contributed by atoms with Crippen molar-refractivity contribution in [2.75, 3.05) is 19.6 Å². The molecule has 1 saturated heterocycles. The monoisotopic (exact) mass is 439 g/mol. The number of pyridine rings is 1. The van der Waals surface area contributed by atoms with Crippen molar-refractivity contribution in [3.63, 3.8) is 0 Å². The van der Waals surface area contributed by atoms with Gasteiger partial charge in [-0.25, -0.2) is 0 Å². The molecule has 172 valence electrons. The average molecular weight is 440 g/mol. The fourth-order valence-corrected chi connectivity index (χ4v) is 5.65. The van der Waals surface area contributed by atoms with E-state index in [9.17, 15) is 23.1 Å². The second kappa shape index (κ2) is 8.35. The van der Waals surface area contributed by atoms with E-state index < -0.39 is 17.2 Å². The number of halogens is 3. The van der Waals surface area contributed by atoms with Crippen LogP contribution in [0.3, 0.4) is 0 Å². The number of carbonyl (C=O) groups excluding carboxylic acids is 1. The number of fused-ring (bicyclic) bond motifs is 1. The van der Waals surface area contributed by atoms with Gasteiger partial charge in [0, 0.05) is 50.5 Å². The highest BCUT2D eigenvalue weighted by Gasteiger charge is 2.51. The van der Waals surface area contributed by atoms with Gasteiger partial charge in [-0.1, -0.05) is 13.8 Å². The van der Waals surface area contributed by atoms with Gasteiger partial charge in [0.15, 0.2) is 0 Å². The summed E-state index contributed by atoms with van der Waals surface area (Å²) in [6.07, 6.45) is 0.800. The SMILES string of the molecule is CC(C)[C@]1(C(=O)N2CCc3ncc(C(F)(F)F)cc3C2)CC[C@@H](N2CCC(O)CC2)C1. The van der Waals surface area contributed by atoms with Crippen molar-refractivity contribution < 1.29 is 23.1 Å². The maximum absolute atomic E-state index is 13.8. The van der Waals surface area contributed by atoms with E-state index in [0.717, 1.165) is 57.5 Å². The summed E-state index contributed by atoms with van der Waals surface area (Å²) in [4.78, 5) is 22.0. The summed E-state index contributed by atoms with van der Waals surface area (Å²) in [6, 6.07) is 1.48. The number of alkyl halides is 3. The third-order valence-electron chi connectivity index (χ3n) is 7.72. The Morgan fingerprint density at radius 1 is 1.23 bits per heavy atom. The van der Waals surface area contributed by atoms with Crippen LogP contribution in [0.4, 0.5) is 13.2 Å². The summed E-state index contributed by atoms with van der Waals surface area (Å²) in [5.74, 6) is 0.228. The van der Waals surface area contributed by atoms with Crippen LogP contribution in [0.25, 0.3) is 0 Å². The predicted octanol–water partition coefficient (Wildman–Crippen LogP) is 3.64. The highest BCUT2D eigenvalue weighted by molar-refractivity contribution is 5.83. The number of hydrogen-bond acceptors (Lipinski definition) is 4. The van der Waals surface area contributed by atoms with Gasteiger partial charge < -0.3 is 14.9 Å². The van der Waals surface area contributed by atoms with Crippen LogP contribution in [0, 0.1) is 11.3 Å². The molecule has 1 amide bonds. The van der Waals surface area contributed by atoms with Gasteiger partial charge in [0.2, 0.25) is 5.91 Å². The van der Waals surface area contributed by atoms with Crippen LogP contribution < -0.4 is 0 Å². The first-order chi connectivity index (χ1) is 14.6. The van der Waals surface area contributed by atoms with Crippen LogP contribution in [0.2, 0.25) is 0 Å². The highest BCUT2D eigenvalue weighted by atomic mass is 19.4. The molecular formula is C23H32F3N3O2. The number of likely N-dealkylation sites (tertiary alicyclic amines) is 1. The van der Waals surface area contributed by atoms with E-state index in [1.165, 1.54) is 0 Å². The van der Waals surface area contributed by atoms with Crippen LogP contribution in [0.1, 0.15) is 62.8 Å². The predicted molar refractivity (Wildman–Crippen MR) is 110 cm³/mol. The van der Waals surface area contributed by atoms with Crippen molar-refractivity contribution in [3.8, 4) is 0 Å². The van der Waals surface area contributed by atoms with E-state index >= 15 is 0 Å². The molecule has 4 rings (SSSR count). The standard InChI is InChI=1S/C23H32F3N3O2/c1-15(2)22(7-3-18(12-22)28-8-4-19(30)5-9-28)21(31)29-10-6-20-16(14-29)11-17(13-27-20)23(24,25)26/h11,13,15,18-19,30H,3-10,12,14H2,1-2H3/t18-,22+/m1/s1. The molecule has 1 aromatic heterocycles. The molecular weight excluding hydrogens is 407 g/mol. The van der Waals surface area contributed by atoms with E-state index in [0.29, 0.717) is 30.3 Å². The minimum Gasteiger partial charge on any atom is -0.393 e. The Labute approximate surface area is 181 Å². The minimum absolute atomic E-state index is 0.0742. The number of rotatable bonds is 3. The van der Waals surface area contributed by atoms with Crippen molar-refractivity contribution in [1.29, 1.82) is 0 Å². The topological polar surface area (TPSA) is 56.7 Å². The van der Waals surface area contributed by atoms with E-state index in [1.54, 1.807) is 4.90 Å². The number of hydrogen-bond donors (Lipinski definition) is 1. The van der Waals surface area contributed by atoms with Gasteiger partial charge in [0.05, 0.1) is 17.1 Å². The van der Waals surface area contributed by atoms with Crippen LogP contribution >= 0.6 is 0 Å². The molecule has 1 aliphatic carbocycles. The van der Waals surface area contributed by atoms with E-state index in [2.05, 4.69) is 23.7 Å². The van der Waals surface area contributed by atoms with E-state index in [-0.39, 0.29) is 24.5 Å². The van der Waals surface area contributed by atoms with Crippen molar-refractivity contribution in [1.82, 2.24) is 14.8 Å². The third-order valence-corrected chi connectivity index (χ3v) is 7.72. The van der Waals surface area contributed by atoms with Gasteiger partial charge >= 0.3 is 6.18 Å². The Kier molecular flexibility index (Phi) is 6.07. The molecule has 8 heteroatoms. The summed E-state index contributed by atoms with van der Waals surface area (Å²) in [7, 11) is 0. The number of piperidine rings is 1. The second-order valence-corrected chi connectivity index (χ2v) is 9.78. The molecule has 2 aliphatic heterocycles. The first kappa shape index (κ1) is 22.5. The lowest BCUT2D eigenvalue weighted by Gasteiger charge is -2.40. The van der Waals surface area contributed by atoms with Crippen molar-refractivity contribution in [2.45, 2.75) is 77.2 Å². The first-order valence-corrected chi connectivity index (χ1v) is 11.4. The second-order valence-electron chi connectivity index (χ2n) is 9.78. The molecule has 2 atom stereocenters. The van der Waals surface area contributed by atoms with E-state index in [4.69, 9.17) is 0 Å². The average Bonchev–Trinajstić information content (AvgIpc) is 3.19. The van der Waals surface area contributed by atoms with Crippen molar-refractivity contribution in [3.05, 3.63) is 29.1 Å². The Morgan fingerprint density at radius 3 is 2.58 bits per heavy atom. The zero-order valence-electron chi connectivity index (χ0n) is 18.3. The fourth-order valence-electron chi connectivity index (χ4n) is 5.65. The van der Waals surface area contributed by atoms with Gasteiger partial charge in [0.25, 0.3) is 0 Å². The Bertz CT molecular complexity index is 821. The van der Waals surface area contributed by atoms with E-state index in [1.807, 2.05) is 0 Å². The fraction of sp³-hybridized carbons (Fsp3) is 0.739. The normalized spacial score (nSPS) is 28.2. The zero-order valence-corrected chi connectivity index (χ0v) is 18.3. The number of aromatic nitrogens is 1. The molecule has 0 aromatic carbocycles. The lowest BCUT2D eigenvalue weighted by atomic mass is 9.73. The molecule has 2 fully saturated rings.